The van der Waals surface area contributed by atoms with Gasteiger partial charge in [-0.25, -0.2) is 0 Å². The Morgan fingerprint density at radius 3 is 2.36 bits per heavy atom. The minimum Gasteiger partial charge on any atom is -0.384 e. The zero-order valence-electron chi connectivity index (χ0n) is 7.76. The summed E-state index contributed by atoms with van der Waals surface area (Å²) in [4.78, 5) is 4.16. The number of hydrogen-bond acceptors (Lipinski definition) is 2. The third kappa shape index (κ3) is 3.94. The number of rotatable bonds is 3. The summed E-state index contributed by atoms with van der Waals surface area (Å²) in [5.41, 5.74) is -0.0785. The van der Waals surface area contributed by atoms with Crippen molar-refractivity contribution in [3.63, 3.8) is 0 Å². The highest BCUT2D eigenvalue weighted by Crippen LogP contribution is 2.05. The second-order valence-electron chi connectivity index (χ2n) is 2.92. The average molecular weight is 155 g/mol. The van der Waals surface area contributed by atoms with Gasteiger partial charge in [-0.05, 0) is 33.8 Å². The van der Waals surface area contributed by atoms with Gasteiger partial charge < -0.3 is 5.11 Å². The molecule has 0 heterocycles. The highest BCUT2D eigenvalue weighted by Gasteiger charge is 2.17. The molecule has 0 spiro atoms. The molecule has 0 bridgehead atoms. The summed E-state index contributed by atoms with van der Waals surface area (Å²) >= 11 is 0. The van der Waals surface area contributed by atoms with Gasteiger partial charge in [0.25, 0.3) is 0 Å². The standard InChI is InChI=1S/C9H17NO/c1-5-7-8(10-6-2)9(3,4)11/h5,7,11H,6H2,1-4H3/b7-5+,10-8?. The lowest BCUT2D eigenvalue weighted by molar-refractivity contribution is 0.154. The SMILES string of the molecule is C/C=C/C(=NCC)C(C)(C)O. The topological polar surface area (TPSA) is 32.6 Å². The van der Waals surface area contributed by atoms with Gasteiger partial charge in [0.1, 0.15) is 5.60 Å². The van der Waals surface area contributed by atoms with Gasteiger partial charge in [0.05, 0.1) is 5.71 Å². The summed E-state index contributed by atoms with van der Waals surface area (Å²) < 4.78 is 0. The van der Waals surface area contributed by atoms with Gasteiger partial charge in [0.2, 0.25) is 0 Å². The van der Waals surface area contributed by atoms with Gasteiger partial charge in [-0.1, -0.05) is 6.08 Å². The van der Waals surface area contributed by atoms with Gasteiger partial charge in [0, 0.05) is 6.54 Å². The molecule has 0 aliphatic rings. The summed E-state index contributed by atoms with van der Waals surface area (Å²) in [6, 6.07) is 0. The van der Waals surface area contributed by atoms with Crippen LogP contribution < -0.4 is 0 Å². The molecule has 0 saturated heterocycles. The van der Waals surface area contributed by atoms with Crippen LogP contribution in [0.1, 0.15) is 27.7 Å². The number of aliphatic imine (C=N–C) groups is 1. The van der Waals surface area contributed by atoms with Crippen molar-refractivity contribution < 1.29 is 5.11 Å². The minimum atomic E-state index is -0.817. The monoisotopic (exact) mass is 155 g/mol. The Morgan fingerprint density at radius 2 is 2.09 bits per heavy atom. The van der Waals surface area contributed by atoms with Crippen LogP contribution in [0.2, 0.25) is 0 Å². The highest BCUT2D eigenvalue weighted by atomic mass is 16.3. The lowest BCUT2D eigenvalue weighted by Gasteiger charge is -2.17. The maximum atomic E-state index is 9.56. The van der Waals surface area contributed by atoms with Crippen LogP contribution in [0.15, 0.2) is 17.1 Å². The predicted octanol–water partition coefficient (Wildman–Crippen LogP) is 1.79. The third-order valence-corrected chi connectivity index (χ3v) is 1.28. The first-order valence-electron chi connectivity index (χ1n) is 3.92. The van der Waals surface area contributed by atoms with E-state index in [1.807, 2.05) is 26.0 Å². The first-order valence-corrected chi connectivity index (χ1v) is 3.92. The van der Waals surface area contributed by atoms with Gasteiger partial charge in [-0.2, -0.15) is 0 Å². The van der Waals surface area contributed by atoms with Crippen LogP contribution in [0, 0.1) is 0 Å². The van der Waals surface area contributed by atoms with E-state index in [4.69, 9.17) is 0 Å². The molecular weight excluding hydrogens is 138 g/mol. The molecule has 11 heavy (non-hydrogen) atoms. The first-order chi connectivity index (χ1) is 5.02. The van der Waals surface area contributed by atoms with Crippen molar-refractivity contribution in [1.29, 1.82) is 0 Å². The van der Waals surface area contributed by atoms with E-state index in [2.05, 4.69) is 4.99 Å². The molecule has 0 radical (unpaired) electrons. The van der Waals surface area contributed by atoms with E-state index in [0.29, 0.717) is 6.54 Å². The maximum Gasteiger partial charge on any atom is 0.100 e. The fourth-order valence-electron chi connectivity index (χ4n) is 0.778. The maximum absolute atomic E-state index is 9.56. The Morgan fingerprint density at radius 1 is 1.55 bits per heavy atom. The molecule has 0 atom stereocenters. The van der Waals surface area contributed by atoms with E-state index in [1.165, 1.54) is 0 Å². The van der Waals surface area contributed by atoms with Crippen molar-refractivity contribution in [1.82, 2.24) is 0 Å². The smallest absolute Gasteiger partial charge is 0.100 e. The van der Waals surface area contributed by atoms with Crippen LogP contribution in [0.4, 0.5) is 0 Å². The third-order valence-electron chi connectivity index (χ3n) is 1.28. The van der Waals surface area contributed by atoms with Crippen molar-refractivity contribution in [3.8, 4) is 0 Å². The van der Waals surface area contributed by atoms with Crippen molar-refractivity contribution in [2.75, 3.05) is 6.54 Å². The number of nitrogens with zero attached hydrogens (tertiary/aromatic N) is 1. The Hall–Kier alpha value is -0.630. The summed E-state index contributed by atoms with van der Waals surface area (Å²) in [7, 11) is 0. The first kappa shape index (κ1) is 10.4. The highest BCUT2D eigenvalue weighted by molar-refractivity contribution is 6.00. The van der Waals surface area contributed by atoms with Gasteiger partial charge >= 0.3 is 0 Å². The fourth-order valence-corrected chi connectivity index (χ4v) is 0.778. The van der Waals surface area contributed by atoms with E-state index in [9.17, 15) is 5.11 Å². The molecular formula is C9H17NO. The van der Waals surface area contributed by atoms with E-state index >= 15 is 0 Å². The Bertz CT molecular complexity index is 163. The normalized spacial score (nSPS) is 14.5. The largest absolute Gasteiger partial charge is 0.384 e. The molecule has 0 aromatic heterocycles. The molecule has 1 N–H and O–H groups in total. The van der Waals surface area contributed by atoms with E-state index in [0.717, 1.165) is 5.71 Å². The van der Waals surface area contributed by atoms with Crippen LogP contribution in [0.25, 0.3) is 0 Å². The molecule has 0 aromatic rings. The molecule has 0 aliphatic carbocycles. The predicted molar refractivity (Wildman–Crippen MR) is 49.1 cm³/mol. The second-order valence-corrected chi connectivity index (χ2v) is 2.92. The zero-order chi connectivity index (χ0) is 8.91. The Kier molecular flexibility index (Phi) is 4.04. The molecule has 0 fully saturated rings. The van der Waals surface area contributed by atoms with Gasteiger partial charge in [0.15, 0.2) is 0 Å². The molecule has 0 unspecified atom stereocenters. The zero-order valence-corrected chi connectivity index (χ0v) is 7.76. The lowest BCUT2D eigenvalue weighted by Crippen LogP contribution is -2.29. The average Bonchev–Trinajstić information content (AvgIpc) is 1.85. The van der Waals surface area contributed by atoms with Crippen LogP contribution in [0.5, 0.6) is 0 Å². The molecule has 0 amide bonds. The molecule has 2 heteroatoms. The summed E-state index contributed by atoms with van der Waals surface area (Å²) in [6.45, 7) is 8.05. The summed E-state index contributed by atoms with van der Waals surface area (Å²) in [6.07, 6.45) is 3.72. The van der Waals surface area contributed by atoms with Gasteiger partial charge in [-0.3, -0.25) is 4.99 Å². The van der Waals surface area contributed by atoms with Crippen molar-refractivity contribution in [2.24, 2.45) is 4.99 Å². The number of aliphatic hydroxyl groups is 1. The van der Waals surface area contributed by atoms with E-state index in [1.54, 1.807) is 13.8 Å². The summed E-state index contributed by atoms with van der Waals surface area (Å²) in [5.74, 6) is 0. The van der Waals surface area contributed by atoms with Crippen molar-refractivity contribution >= 4 is 5.71 Å². The lowest BCUT2D eigenvalue weighted by atomic mass is 10.0. The van der Waals surface area contributed by atoms with E-state index in [-0.39, 0.29) is 0 Å². The van der Waals surface area contributed by atoms with E-state index < -0.39 is 5.60 Å². The Balaban J connectivity index is 4.48. The molecule has 64 valence electrons. The molecule has 0 rings (SSSR count). The van der Waals surface area contributed by atoms with Crippen molar-refractivity contribution in [2.45, 2.75) is 33.3 Å². The summed E-state index contributed by atoms with van der Waals surface area (Å²) in [5, 5.41) is 9.56. The molecule has 2 nitrogen and oxygen atoms in total. The quantitative estimate of drug-likeness (QED) is 0.619. The molecule has 0 aromatic carbocycles. The van der Waals surface area contributed by atoms with Crippen molar-refractivity contribution in [3.05, 3.63) is 12.2 Å². The molecule has 0 aliphatic heterocycles. The Labute approximate surface area is 68.7 Å². The molecule has 0 saturated carbocycles. The minimum absolute atomic E-state index is 0.712. The van der Waals surface area contributed by atoms with Crippen LogP contribution >= 0.6 is 0 Å². The van der Waals surface area contributed by atoms with Gasteiger partial charge in [-0.15, -0.1) is 0 Å². The number of allylic oxidation sites excluding steroid dienone is 1. The fraction of sp³-hybridized carbons (Fsp3) is 0.667. The number of hydrogen-bond donors (Lipinski definition) is 1. The van der Waals surface area contributed by atoms with Crippen LogP contribution in [-0.2, 0) is 0 Å². The van der Waals surface area contributed by atoms with Crippen LogP contribution in [-0.4, -0.2) is 23.0 Å². The van der Waals surface area contributed by atoms with Crippen LogP contribution in [0.3, 0.4) is 0 Å². The second kappa shape index (κ2) is 4.29.